The molecule has 0 aliphatic rings. The first-order valence-corrected chi connectivity index (χ1v) is 6.34. The summed E-state index contributed by atoms with van der Waals surface area (Å²) in [5, 5.41) is 19.8. The van der Waals surface area contributed by atoms with Gasteiger partial charge in [-0.2, -0.15) is 0 Å². The van der Waals surface area contributed by atoms with Crippen LogP contribution in [0.2, 0.25) is 0 Å². The first-order chi connectivity index (χ1) is 8.74. The van der Waals surface area contributed by atoms with Crippen LogP contribution in [-0.4, -0.2) is 22.2 Å². The van der Waals surface area contributed by atoms with Gasteiger partial charge in [-0.3, -0.25) is 0 Å². The summed E-state index contributed by atoms with van der Waals surface area (Å²) >= 11 is 5.59. The van der Waals surface area contributed by atoms with E-state index >= 15 is 0 Å². The van der Waals surface area contributed by atoms with E-state index in [1.807, 2.05) is 54.6 Å². The molecule has 2 nitrogen and oxygen atoms in total. The Bertz CT molecular complexity index is 499. The van der Waals surface area contributed by atoms with Crippen molar-refractivity contribution in [3.8, 4) is 11.1 Å². The summed E-state index contributed by atoms with van der Waals surface area (Å²) in [6.45, 7) is 0. The molecule has 0 spiro atoms. The molecule has 0 heterocycles. The summed E-state index contributed by atoms with van der Waals surface area (Å²) < 4.78 is 0. The third-order valence-electron chi connectivity index (χ3n) is 2.89. The van der Waals surface area contributed by atoms with Crippen LogP contribution in [0.1, 0.15) is 11.7 Å². The molecule has 2 rings (SSSR count). The fraction of sp³-hybridized carbons (Fsp3) is 0.200. The molecule has 2 aromatic rings. The van der Waals surface area contributed by atoms with Crippen molar-refractivity contribution >= 4 is 11.6 Å². The molecule has 2 N–H and O–H groups in total. The number of halogens is 1. The molecule has 0 amide bonds. The molecule has 0 saturated heterocycles. The number of alkyl halides is 1. The molecule has 0 bridgehead atoms. The second-order valence-electron chi connectivity index (χ2n) is 4.12. The molecule has 0 aromatic heterocycles. The van der Waals surface area contributed by atoms with E-state index in [9.17, 15) is 10.2 Å². The Balaban J connectivity index is 2.44. The van der Waals surface area contributed by atoms with Crippen LogP contribution in [0, 0.1) is 0 Å². The van der Waals surface area contributed by atoms with Gasteiger partial charge in [-0.05, 0) is 16.7 Å². The maximum absolute atomic E-state index is 10.1. The molecule has 3 heteroatoms. The summed E-state index contributed by atoms with van der Waals surface area (Å²) in [6, 6.07) is 17.2. The van der Waals surface area contributed by atoms with E-state index in [0.29, 0.717) is 5.56 Å². The van der Waals surface area contributed by atoms with Gasteiger partial charge in [0.05, 0.1) is 12.0 Å². The van der Waals surface area contributed by atoms with E-state index in [1.54, 1.807) is 0 Å². The van der Waals surface area contributed by atoms with Crippen molar-refractivity contribution < 1.29 is 10.2 Å². The fourth-order valence-electron chi connectivity index (χ4n) is 1.93. The minimum Gasteiger partial charge on any atom is -0.389 e. The first-order valence-electron chi connectivity index (χ1n) is 5.80. The van der Waals surface area contributed by atoms with E-state index in [0.717, 1.165) is 11.1 Å². The van der Waals surface area contributed by atoms with E-state index in [2.05, 4.69) is 0 Å². The average Bonchev–Trinajstić information content (AvgIpc) is 2.46. The highest BCUT2D eigenvalue weighted by Crippen LogP contribution is 2.29. The van der Waals surface area contributed by atoms with Crippen molar-refractivity contribution in [3.63, 3.8) is 0 Å². The molecular weight excluding hydrogens is 248 g/mol. The standard InChI is InChI=1S/C15H15ClO2/c16-10-14(17)15(18)13-9-5-4-8-12(13)11-6-2-1-3-7-11/h1-9,14-15,17-18H,10H2. The molecule has 0 fully saturated rings. The van der Waals surface area contributed by atoms with E-state index in [-0.39, 0.29) is 5.88 Å². The van der Waals surface area contributed by atoms with Gasteiger partial charge in [0.25, 0.3) is 0 Å². The summed E-state index contributed by atoms with van der Waals surface area (Å²) in [6.07, 6.45) is -1.93. The fourth-order valence-corrected chi connectivity index (χ4v) is 2.10. The monoisotopic (exact) mass is 262 g/mol. The maximum Gasteiger partial charge on any atom is 0.107 e. The van der Waals surface area contributed by atoms with Crippen molar-refractivity contribution in [2.24, 2.45) is 0 Å². The quantitative estimate of drug-likeness (QED) is 0.832. The first kappa shape index (κ1) is 13.1. The summed E-state index contributed by atoms with van der Waals surface area (Å²) in [5.41, 5.74) is 2.61. The molecule has 0 saturated carbocycles. The Labute approximate surface area is 111 Å². The van der Waals surface area contributed by atoms with Gasteiger partial charge in [0.2, 0.25) is 0 Å². The van der Waals surface area contributed by atoms with E-state index in [4.69, 9.17) is 11.6 Å². The Morgan fingerprint density at radius 2 is 1.50 bits per heavy atom. The molecule has 0 aliphatic carbocycles. The zero-order valence-corrected chi connectivity index (χ0v) is 10.6. The zero-order valence-electron chi connectivity index (χ0n) is 9.83. The van der Waals surface area contributed by atoms with Crippen molar-refractivity contribution in [3.05, 3.63) is 60.2 Å². The SMILES string of the molecule is OC(CCl)C(O)c1ccccc1-c1ccccc1. The second-order valence-corrected chi connectivity index (χ2v) is 4.43. The van der Waals surface area contributed by atoms with Crippen LogP contribution in [-0.2, 0) is 0 Å². The molecule has 2 unspecified atom stereocenters. The van der Waals surface area contributed by atoms with Crippen LogP contribution in [0.25, 0.3) is 11.1 Å². The lowest BCUT2D eigenvalue weighted by molar-refractivity contribution is 0.0331. The lowest BCUT2D eigenvalue weighted by Gasteiger charge is -2.19. The van der Waals surface area contributed by atoms with Crippen LogP contribution in [0.4, 0.5) is 0 Å². The summed E-state index contributed by atoms with van der Waals surface area (Å²) in [5.74, 6) is 0.00426. The molecule has 0 aliphatic heterocycles. The molecule has 94 valence electrons. The van der Waals surface area contributed by atoms with Gasteiger partial charge >= 0.3 is 0 Å². The highest BCUT2D eigenvalue weighted by molar-refractivity contribution is 6.18. The number of hydrogen-bond donors (Lipinski definition) is 2. The average molecular weight is 263 g/mol. The third kappa shape index (κ3) is 2.72. The number of aliphatic hydroxyl groups excluding tert-OH is 2. The Morgan fingerprint density at radius 1 is 0.889 bits per heavy atom. The predicted molar refractivity (Wildman–Crippen MR) is 73.6 cm³/mol. The van der Waals surface area contributed by atoms with Gasteiger partial charge in [0.15, 0.2) is 0 Å². The normalized spacial score (nSPS) is 14.2. The molecular formula is C15H15ClO2. The Hall–Kier alpha value is -1.35. The number of aliphatic hydroxyl groups is 2. The molecule has 18 heavy (non-hydrogen) atoms. The predicted octanol–water partition coefficient (Wildman–Crippen LogP) is 2.99. The smallest absolute Gasteiger partial charge is 0.107 e. The molecule has 2 aromatic carbocycles. The number of hydrogen-bond acceptors (Lipinski definition) is 2. The van der Waals surface area contributed by atoms with Crippen LogP contribution >= 0.6 is 11.6 Å². The van der Waals surface area contributed by atoms with Gasteiger partial charge in [-0.25, -0.2) is 0 Å². The van der Waals surface area contributed by atoms with Crippen molar-refractivity contribution in [1.82, 2.24) is 0 Å². The van der Waals surface area contributed by atoms with Crippen LogP contribution in [0.3, 0.4) is 0 Å². The van der Waals surface area contributed by atoms with Crippen molar-refractivity contribution in [2.75, 3.05) is 5.88 Å². The second kappa shape index (κ2) is 6.01. The molecule has 0 radical (unpaired) electrons. The number of benzene rings is 2. The van der Waals surface area contributed by atoms with Crippen molar-refractivity contribution in [1.29, 1.82) is 0 Å². The van der Waals surface area contributed by atoms with Crippen LogP contribution < -0.4 is 0 Å². The third-order valence-corrected chi connectivity index (χ3v) is 3.20. The summed E-state index contributed by atoms with van der Waals surface area (Å²) in [4.78, 5) is 0. The summed E-state index contributed by atoms with van der Waals surface area (Å²) in [7, 11) is 0. The maximum atomic E-state index is 10.1. The Kier molecular flexibility index (Phi) is 4.37. The van der Waals surface area contributed by atoms with Crippen LogP contribution in [0.15, 0.2) is 54.6 Å². The van der Waals surface area contributed by atoms with Crippen molar-refractivity contribution in [2.45, 2.75) is 12.2 Å². The van der Waals surface area contributed by atoms with E-state index < -0.39 is 12.2 Å². The minimum absolute atomic E-state index is 0.00426. The largest absolute Gasteiger partial charge is 0.389 e. The van der Waals surface area contributed by atoms with E-state index in [1.165, 1.54) is 0 Å². The van der Waals surface area contributed by atoms with Gasteiger partial charge in [-0.1, -0.05) is 54.6 Å². The van der Waals surface area contributed by atoms with Gasteiger partial charge in [0.1, 0.15) is 6.10 Å². The topological polar surface area (TPSA) is 40.5 Å². The zero-order chi connectivity index (χ0) is 13.0. The van der Waals surface area contributed by atoms with Gasteiger partial charge in [0, 0.05) is 0 Å². The Morgan fingerprint density at radius 3 is 2.17 bits per heavy atom. The number of rotatable bonds is 4. The van der Waals surface area contributed by atoms with Gasteiger partial charge < -0.3 is 10.2 Å². The lowest BCUT2D eigenvalue weighted by atomic mass is 9.94. The minimum atomic E-state index is -0.973. The van der Waals surface area contributed by atoms with Crippen LogP contribution in [0.5, 0.6) is 0 Å². The highest BCUT2D eigenvalue weighted by atomic mass is 35.5. The molecule has 2 atom stereocenters. The highest BCUT2D eigenvalue weighted by Gasteiger charge is 2.20. The lowest BCUT2D eigenvalue weighted by Crippen LogP contribution is -2.20. The van der Waals surface area contributed by atoms with Gasteiger partial charge in [-0.15, -0.1) is 11.6 Å².